The van der Waals surface area contributed by atoms with Crippen molar-refractivity contribution < 1.29 is 13.2 Å². The van der Waals surface area contributed by atoms with Gasteiger partial charge in [0.1, 0.15) is 5.15 Å². The van der Waals surface area contributed by atoms with Gasteiger partial charge in [-0.2, -0.15) is 13.2 Å². The van der Waals surface area contributed by atoms with Gasteiger partial charge in [0, 0.05) is 22.5 Å². The molecule has 0 spiro atoms. The van der Waals surface area contributed by atoms with E-state index in [2.05, 4.69) is 4.98 Å². The van der Waals surface area contributed by atoms with Crippen LogP contribution in [0.1, 0.15) is 11.1 Å². The van der Waals surface area contributed by atoms with E-state index in [1.807, 2.05) is 6.07 Å². The first kappa shape index (κ1) is 15.0. The smallest absolute Gasteiger partial charge is 0.398 e. The van der Waals surface area contributed by atoms with Gasteiger partial charge in [-0.1, -0.05) is 17.7 Å². The number of halogens is 4. The number of benzene rings is 1. The van der Waals surface area contributed by atoms with Crippen molar-refractivity contribution in [1.82, 2.24) is 4.98 Å². The van der Waals surface area contributed by atoms with E-state index in [0.717, 1.165) is 17.7 Å². The topological polar surface area (TPSA) is 38.9 Å². The van der Waals surface area contributed by atoms with Gasteiger partial charge in [-0.25, -0.2) is 4.98 Å². The van der Waals surface area contributed by atoms with Gasteiger partial charge in [-0.15, -0.1) is 11.8 Å². The first-order valence-electron chi connectivity index (χ1n) is 5.57. The molecule has 0 amide bonds. The summed E-state index contributed by atoms with van der Waals surface area (Å²) in [6.45, 7) is 0. The molecule has 2 rings (SSSR count). The van der Waals surface area contributed by atoms with Crippen LogP contribution in [-0.2, 0) is 11.9 Å². The molecule has 7 heteroatoms. The summed E-state index contributed by atoms with van der Waals surface area (Å²) in [5.41, 5.74) is 5.81. The number of thioether (sulfide) groups is 1. The number of anilines is 1. The van der Waals surface area contributed by atoms with E-state index in [-0.39, 0.29) is 5.69 Å². The Bertz CT molecular complexity index is 617. The minimum Gasteiger partial charge on any atom is -0.398 e. The Kier molecular flexibility index (Phi) is 4.45. The van der Waals surface area contributed by atoms with Crippen LogP contribution < -0.4 is 5.73 Å². The molecule has 0 unspecified atom stereocenters. The van der Waals surface area contributed by atoms with Crippen LogP contribution in [0.3, 0.4) is 0 Å². The van der Waals surface area contributed by atoms with Crippen molar-refractivity contribution in [2.24, 2.45) is 0 Å². The highest BCUT2D eigenvalue weighted by Crippen LogP contribution is 2.35. The van der Waals surface area contributed by atoms with Gasteiger partial charge in [0.15, 0.2) is 0 Å². The Labute approximate surface area is 123 Å². The lowest BCUT2D eigenvalue weighted by Crippen LogP contribution is -2.05. The van der Waals surface area contributed by atoms with E-state index in [9.17, 15) is 13.2 Å². The van der Waals surface area contributed by atoms with Crippen molar-refractivity contribution in [1.29, 1.82) is 0 Å². The highest BCUT2D eigenvalue weighted by Gasteiger charge is 2.30. The molecule has 0 bridgehead atoms. The summed E-state index contributed by atoms with van der Waals surface area (Å²) in [5, 5.41) is 0.380. The van der Waals surface area contributed by atoms with Crippen LogP contribution in [0.15, 0.2) is 41.4 Å². The molecule has 0 aliphatic rings. The van der Waals surface area contributed by atoms with Crippen molar-refractivity contribution >= 4 is 29.1 Å². The Balaban J connectivity index is 2.13. The molecule has 1 heterocycles. The summed E-state index contributed by atoms with van der Waals surface area (Å²) in [6, 6.07) is 6.88. The van der Waals surface area contributed by atoms with Crippen molar-refractivity contribution in [2.45, 2.75) is 16.8 Å². The third kappa shape index (κ3) is 3.58. The van der Waals surface area contributed by atoms with Crippen LogP contribution in [-0.4, -0.2) is 4.98 Å². The SMILES string of the molecule is Nc1cc(C(F)(F)F)ccc1SCc1cccnc1Cl. The van der Waals surface area contributed by atoms with Crippen LogP contribution in [0.25, 0.3) is 0 Å². The molecule has 0 radical (unpaired) electrons. The van der Waals surface area contributed by atoms with E-state index >= 15 is 0 Å². The second-order valence-electron chi connectivity index (χ2n) is 3.99. The van der Waals surface area contributed by atoms with E-state index < -0.39 is 11.7 Å². The summed E-state index contributed by atoms with van der Waals surface area (Å²) >= 11 is 7.23. The lowest BCUT2D eigenvalue weighted by molar-refractivity contribution is -0.137. The minimum atomic E-state index is -4.38. The van der Waals surface area contributed by atoms with Gasteiger partial charge in [0.05, 0.1) is 5.56 Å². The molecule has 2 N–H and O–H groups in total. The van der Waals surface area contributed by atoms with Crippen molar-refractivity contribution in [3.63, 3.8) is 0 Å². The zero-order chi connectivity index (χ0) is 14.8. The minimum absolute atomic E-state index is 0.102. The second kappa shape index (κ2) is 5.93. The fourth-order valence-electron chi connectivity index (χ4n) is 1.54. The van der Waals surface area contributed by atoms with Crippen molar-refractivity contribution in [2.75, 3.05) is 5.73 Å². The normalized spacial score (nSPS) is 11.6. The third-order valence-corrected chi connectivity index (χ3v) is 4.04. The second-order valence-corrected chi connectivity index (χ2v) is 5.37. The molecule has 0 fully saturated rings. The molecule has 1 aromatic heterocycles. The first-order chi connectivity index (χ1) is 9.38. The largest absolute Gasteiger partial charge is 0.416 e. The van der Waals surface area contributed by atoms with Gasteiger partial charge < -0.3 is 5.73 Å². The number of alkyl halides is 3. The van der Waals surface area contributed by atoms with Gasteiger partial charge in [0.25, 0.3) is 0 Å². The maximum Gasteiger partial charge on any atom is 0.416 e. The first-order valence-corrected chi connectivity index (χ1v) is 6.93. The number of aromatic nitrogens is 1. The number of pyridine rings is 1. The quantitative estimate of drug-likeness (QED) is 0.509. The van der Waals surface area contributed by atoms with Gasteiger partial charge in [0.2, 0.25) is 0 Å². The average molecular weight is 319 g/mol. The number of rotatable bonds is 3. The Morgan fingerprint density at radius 1 is 1.25 bits per heavy atom. The van der Waals surface area contributed by atoms with E-state index in [1.54, 1.807) is 12.3 Å². The van der Waals surface area contributed by atoms with Crippen LogP contribution in [0.5, 0.6) is 0 Å². The zero-order valence-electron chi connectivity index (χ0n) is 10.1. The lowest BCUT2D eigenvalue weighted by Gasteiger charge is -2.10. The third-order valence-electron chi connectivity index (χ3n) is 2.56. The molecule has 0 aliphatic carbocycles. The van der Waals surface area contributed by atoms with Crippen LogP contribution >= 0.6 is 23.4 Å². The summed E-state index contributed by atoms with van der Waals surface area (Å²) in [7, 11) is 0. The number of nitrogens with two attached hydrogens (primary N) is 1. The standard InChI is InChI=1S/C13H10ClF3N2S/c14-12-8(2-1-5-19-12)7-20-11-4-3-9(6-10(11)18)13(15,16)17/h1-6H,7,18H2. The predicted molar refractivity (Wildman–Crippen MR) is 74.7 cm³/mol. The van der Waals surface area contributed by atoms with E-state index in [0.29, 0.717) is 15.8 Å². The molecule has 0 saturated carbocycles. The highest BCUT2D eigenvalue weighted by molar-refractivity contribution is 7.98. The monoisotopic (exact) mass is 318 g/mol. The fourth-order valence-corrected chi connectivity index (χ4v) is 2.74. The predicted octanol–water partition coefficient (Wildman–Crippen LogP) is 4.63. The van der Waals surface area contributed by atoms with Crippen LogP contribution in [0.4, 0.5) is 18.9 Å². The molecule has 0 atom stereocenters. The van der Waals surface area contributed by atoms with Gasteiger partial charge in [-0.05, 0) is 29.8 Å². The zero-order valence-corrected chi connectivity index (χ0v) is 11.7. The van der Waals surface area contributed by atoms with Crippen molar-refractivity contribution in [3.8, 4) is 0 Å². The van der Waals surface area contributed by atoms with Crippen LogP contribution in [0, 0.1) is 0 Å². The number of hydrogen-bond donors (Lipinski definition) is 1. The summed E-state index contributed by atoms with van der Waals surface area (Å²) in [6.07, 6.45) is -2.81. The molecule has 106 valence electrons. The molecule has 2 aromatic rings. The van der Waals surface area contributed by atoms with Crippen molar-refractivity contribution in [3.05, 3.63) is 52.8 Å². The Morgan fingerprint density at radius 3 is 2.60 bits per heavy atom. The molecular formula is C13H10ClF3N2S. The maximum atomic E-state index is 12.5. The summed E-state index contributed by atoms with van der Waals surface area (Å²) in [4.78, 5) is 4.51. The van der Waals surface area contributed by atoms with Gasteiger partial charge >= 0.3 is 6.18 Å². The number of hydrogen-bond acceptors (Lipinski definition) is 3. The van der Waals surface area contributed by atoms with Gasteiger partial charge in [-0.3, -0.25) is 0 Å². The lowest BCUT2D eigenvalue weighted by atomic mass is 10.2. The molecule has 1 aromatic carbocycles. The molecule has 0 saturated heterocycles. The Morgan fingerprint density at radius 2 is 2.00 bits per heavy atom. The van der Waals surface area contributed by atoms with E-state index in [1.165, 1.54) is 17.8 Å². The highest BCUT2D eigenvalue weighted by atomic mass is 35.5. The van der Waals surface area contributed by atoms with E-state index in [4.69, 9.17) is 17.3 Å². The molecule has 20 heavy (non-hydrogen) atoms. The van der Waals surface area contributed by atoms with Crippen LogP contribution in [0.2, 0.25) is 5.15 Å². The average Bonchev–Trinajstić information content (AvgIpc) is 2.38. The maximum absolute atomic E-state index is 12.5. The molecule has 2 nitrogen and oxygen atoms in total. The summed E-state index contributed by atoms with van der Waals surface area (Å²) < 4.78 is 37.5. The fraction of sp³-hybridized carbons (Fsp3) is 0.154. The molecular weight excluding hydrogens is 309 g/mol. The molecule has 0 aliphatic heterocycles. The Hall–Kier alpha value is -1.40. The summed E-state index contributed by atoms with van der Waals surface area (Å²) in [5.74, 6) is 0.488. The number of nitrogens with zero attached hydrogens (tertiary/aromatic N) is 1. The number of nitrogen functional groups attached to an aromatic ring is 1.